The van der Waals surface area contributed by atoms with Crippen molar-refractivity contribution in [1.82, 2.24) is 9.80 Å². The number of likely N-dealkylation sites (N-methyl/N-ethyl adjacent to an activating group) is 1. The Morgan fingerprint density at radius 3 is 2.07 bits per heavy atom. The second kappa shape index (κ2) is 7.79. The Labute approximate surface area is 154 Å². The van der Waals surface area contributed by atoms with Crippen LogP contribution in [0, 0.1) is 17.5 Å². The van der Waals surface area contributed by atoms with Gasteiger partial charge in [-0.05, 0) is 43.4 Å². The predicted octanol–water partition coefficient (Wildman–Crippen LogP) is 2.74. The molecule has 2 aromatic rings. The average molecular weight is 377 g/mol. The number of amides is 2. The van der Waals surface area contributed by atoms with E-state index in [0.29, 0.717) is 18.7 Å². The maximum Gasteiger partial charge on any atom is 0.255 e. The standard InChI is InChI=1S/C19H18F3N3O2/c1-24-8-10-25(11-9-24)19(27)13-4-2-12(3-5-13)18(26)23-15-7-6-14(20)16(21)17(15)22/h2-7H,8-11H2,1H3,(H,23,26). The highest BCUT2D eigenvalue weighted by molar-refractivity contribution is 6.05. The lowest BCUT2D eigenvalue weighted by Crippen LogP contribution is -2.47. The van der Waals surface area contributed by atoms with E-state index in [1.165, 1.54) is 24.3 Å². The summed E-state index contributed by atoms with van der Waals surface area (Å²) in [5, 5.41) is 2.19. The molecule has 1 saturated heterocycles. The van der Waals surface area contributed by atoms with Crippen molar-refractivity contribution in [2.75, 3.05) is 38.5 Å². The van der Waals surface area contributed by atoms with Gasteiger partial charge in [-0.1, -0.05) is 0 Å². The summed E-state index contributed by atoms with van der Waals surface area (Å²) in [5.41, 5.74) is 0.140. The van der Waals surface area contributed by atoms with E-state index in [-0.39, 0.29) is 11.5 Å². The van der Waals surface area contributed by atoms with Crippen LogP contribution in [0.15, 0.2) is 36.4 Å². The molecular weight excluding hydrogens is 359 g/mol. The number of anilines is 1. The van der Waals surface area contributed by atoms with Crippen LogP contribution in [0.5, 0.6) is 0 Å². The molecule has 1 N–H and O–H groups in total. The molecule has 1 aliphatic heterocycles. The SMILES string of the molecule is CN1CCN(C(=O)c2ccc(C(=O)Nc3ccc(F)c(F)c3F)cc2)CC1. The Morgan fingerprint density at radius 1 is 0.852 bits per heavy atom. The van der Waals surface area contributed by atoms with Crippen LogP contribution in [0.3, 0.4) is 0 Å². The van der Waals surface area contributed by atoms with Crippen LogP contribution in [-0.4, -0.2) is 54.8 Å². The molecule has 1 heterocycles. The molecule has 142 valence electrons. The second-order valence-electron chi connectivity index (χ2n) is 6.35. The van der Waals surface area contributed by atoms with Crippen LogP contribution >= 0.6 is 0 Å². The molecule has 0 aliphatic carbocycles. The van der Waals surface area contributed by atoms with Gasteiger partial charge in [0, 0.05) is 37.3 Å². The molecule has 0 bridgehead atoms. The van der Waals surface area contributed by atoms with Crippen molar-refractivity contribution in [3.05, 3.63) is 65.0 Å². The highest BCUT2D eigenvalue weighted by atomic mass is 19.2. The number of halogens is 3. The van der Waals surface area contributed by atoms with Gasteiger partial charge in [0.1, 0.15) is 0 Å². The Kier molecular flexibility index (Phi) is 5.46. The summed E-state index contributed by atoms with van der Waals surface area (Å²) in [7, 11) is 1.99. The van der Waals surface area contributed by atoms with Gasteiger partial charge >= 0.3 is 0 Å². The van der Waals surface area contributed by atoms with Gasteiger partial charge in [0.2, 0.25) is 0 Å². The Balaban J connectivity index is 1.69. The highest BCUT2D eigenvalue weighted by Gasteiger charge is 2.21. The summed E-state index contributed by atoms with van der Waals surface area (Å²) in [6, 6.07) is 7.55. The number of carbonyl (C=O) groups excluding carboxylic acids is 2. The highest BCUT2D eigenvalue weighted by Crippen LogP contribution is 2.20. The average Bonchev–Trinajstić information content (AvgIpc) is 2.68. The number of carbonyl (C=O) groups is 2. The molecule has 3 rings (SSSR count). The van der Waals surface area contributed by atoms with E-state index < -0.39 is 29.0 Å². The van der Waals surface area contributed by atoms with E-state index in [1.807, 2.05) is 7.05 Å². The molecule has 0 unspecified atom stereocenters. The summed E-state index contributed by atoms with van der Waals surface area (Å²) in [4.78, 5) is 28.5. The van der Waals surface area contributed by atoms with E-state index in [9.17, 15) is 22.8 Å². The number of piperazine rings is 1. The van der Waals surface area contributed by atoms with Crippen LogP contribution in [-0.2, 0) is 0 Å². The van der Waals surface area contributed by atoms with E-state index in [2.05, 4.69) is 10.2 Å². The number of hydrogen-bond acceptors (Lipinski definition) is 3. The summed E-state index contributed by atoms with van der Waals surface area (Å²) < 4.78 is 39.8. The maximum atomic E-state index is 13.7. The monoisotopic (exact) mass is 377 g/mol. The summed E-state index contributed by atoms with van der Waals surface area (Å²) in [5.74, 6) is -5.27. The summed E-state index contributed by atoms with van der Waals surface area (Å²) >= 11 is 0. The third-order valence-electron chi connectivity index (χ3n) is 4.47. The number of benzene rings is 2. The lowest BCUT2D eigenvalue weighted by molar-refractivity contribution is 0.0664. The molecule has 0 radical (unpaired) electrons. The van der Waals surface area contributed by atoms with Crippen LogP contribution in [0.4, 0.5) is 18.9 Å². The zero-order valence-electron chi connectivity index (χ0n) is 14.6. The van der Waals surface area contributed by atoms with Crippen molar-refractivity contribution < 1.29 is 22.8 Å². The minimum atomic E-state index is -1.65. The van der Waals surface area contributed by atoms with Crippen LogP contribution in [0.1, 0.15) is 20.7 Å². The minimum absolute atomic E-state index is 0.123. The van der Waals surface area contributed by atoms with Crippen LogP contribution < -0.4 is 5.32 Å². The second-order valence-corrected chi connectivity index (χ2v) is 6.35. The van der Waals surface area contributed by atoms with Crippen molar-refractivity contribution in [3.63, 3.8) is 0 Å². The van der Waals surface area contributed by atoms with Gasteiger partial charge in [-0.15, -0.1) is 0 Å². The van der Waals surface area contributed by atoms with Gasteiger partial charge in [0.25, 0.3) is 11.8 Å². The first-order valence-electron chi connectivity index (χ1n) is 8.39. The van der Waals surface area contributed by atoms with E-state index in [0.717, 1.165) is 25.2 Å². The lowest BCUT2D eigenvalue weighted by atomic mass is 10.1. The molecule has 0 spiro atoms. The van der Waals surface area contributed by atoms with Gasteiger partial charge in [-0.25, -0.2) is 13.2 Å². The van der Waals surface area contributed by atoms with Gasteiger partial charge in [0.15, 0.2) is 17.5 Å². The van der Waals surface area contributed by atoms with Crippen LogP contribution in [0.25, 0.3) is 0 Å². The molecule has 27 heavy (non-hydrogen) atoms. The molecular formula is C19H18F3N3O2. The first kappa shape index (κ1) is 18.9. The molecule has 2 amide bonds. The zero-order valence-corrected chi connectivity index (χ0v) is 14.6. The van der Waals surface area contributed by atoms with E-state index >= 15 is 0 Å². The van der Waals surface area contributed by atoms with Crippen molar-refractivity contribution in [1.29, 1.82) is 0 Å². The van der Waals surface area contributed by atoms with Crippen molar-refractivity contribution in [3.8, 4) is 0 Å². The molecule has 8 heteroatoms. The smallest absolute Gasteiger partial charge is 0.255 e. The largest absolute Gasteiger partial charge is 0.336 e. The fraction of sp³-hybridized carbons (Fsp3) is 0.263. The van der Waals surface area contributed by atoms with Gasteiger partial charge in [0.05, 0.1) is 5.69 Å². The molecule has 5 nitrogen and oxygen atoms in total. The van der Waals surface area contributed by atoms with Gasteiger partial charge < -0.3 is 15.1 Å². The molecule has 0 saturated carbocycles. The predicted molar refractivity (Wildman–Crippen MR) is 94.1 cm³/mol. The Bertz CT molecular complexity index is 863. The fourth-order valence-corrected chi connectivity index (χ4v) is 2.77. The number of nitrogens with zero attached hydrogens (tertiary/aromatic N) is 2. The molecule has 0 aromatic heterocycles. The Hall–Kier alpha value is -2.87. The van der Waals surface area contributed by atoms with E-state index in [4.69, 9.17) is 0 Å². The third-order valence-corrected chi connectivity index (χ3v) is 4.47. The quantitative estimate of drug-likeness (QED) is 0.837. The van der Waals surface area contributed by atoms with Crippen molar-refractivity contribution in [2.24, 2.45) is 0 Å². The molecule has 0 atom stereocenters. The Morgan fingerprint density at radius 2 is 1.44 bits per heavy atom. The molecule has 1 fully saturated rings. The van der Waals surface area contributed by atoms with Crippen molar-refractivity contribution in [2.45, 2.75) is 0 Å². The topological polar surface area (TPSA) is 52.7 Å². The van der Waals surface area contributed by atoms with Crippen LogP contribution in [0.2, 0.25) is 0 Å². The summed E-state index contributed by atoms with van der Waals surface area (Å²) in [6.45, 7) is 2.86. The maximum absolute atomic E-state index is 13.7. The number of rotatable bonds is 3. The first-order chi connectivity index (χ1) is 12.9. The number of nitrogens with one attached hydrogen (secondary N) is 1. The minimum Gasteiger partial charge on any atom is -0.336 e. The zero-order chi connectivity index (χ0) is 19.6. The molecule has 2 aromatic carbocycles. The lowest BCUT2D eigenvalue weighted by Gasteiger charge is -2.32. The molecule has 1 aliphatic rings. The normalized spacial score (nSPS) is 14.9. The van der Waals surface area contributed by atoms with E-state index in [1.54, 1.807) is 4.90 Å². The van der Waals surface area contributed by atoms with Gasteiger partial charge in [-0.3, -0.25) is 9.59 Å². The van der Waals surface area contributed by atoms with Gasteiger partial charge in [-0.2, -0.15) is 0 Å². The van der Waals surface area contributed by atoms with Crippen molar-refractivity contribution >= 4 is 17.5 Å². The fourth-order valence-electron chi connectivity index (χ4n) is 2.77. The number of hydrogen-bond donors (Lipinski definition) is 1. The third kappa shape index (κ3) is 4.11. The first-order valence-corrected chi connectivity index (χ1v) is 8.39. The summed E-state index contributed by atoms with van der Waals surface area (Å²) in [6.07, 6.45) is 0.